The smallest absolute Gasteiger partial charge is 0.0345 e. The quantitative estimate of drug-likeness (QED) is 0.760. The lowest BCUT2D eigenvalue weighted by Crippen LogP contribution is -2.15. The number of hydrogen-bond donors (Lipinski definition) is 1. The summed E-state index contributed by atoms with van der Waals surface area (Å²) in [7, 11) is 0. The number of aryl methyl sites for hydroxylation is 1. The van der Waals surface area contributed by atoms with E-state index in [9.17, 15) is 0 Å². The van der Waals surface area contributed by atoms with E-state index in [1.165, 1.54) is 29.5 Å². The van der Waals surface area contributed by atoms with Crippen LogP contribution in [0.3, 0.4) is 0 Å². The summed E-state index contributed by atoms with van der Waals surface area (Å²) >= 11 is 0. The van der Waals surface area contributed by atoms with Crippen LogP contribution in [-0.2, 0) is 0 Å². The van der Waals surface area contributed by atoms with E-state index in [2.05, 4.69) is 24.1 Å². The van der Waals surface area contributed by atoms with Gasteiger partial charge in [-0.15, -0.1) is 0 Å². The van der Waals surface area contributed by atoms with Crippen molar-refractivity contribution in [1.82, 2.24) is 4.98 Å². The third kappa shape index (κ3) is 2.45. The predicted molar refractivity (Wildman–Crippen MR) is 63.4 cm³/mol. The number of hydrogen-bond acceptors (Lipinski definition) is 2. The van der Waals surface area contributed by atoms with Crippen LogP contribution in [0, 0.1) is 6.92 Å². The van der Waals surface area contributed by atoms with Crippen molar-refractivity contribution in [2.24, 2.45) is 5.73 Å². The first-order valence-corrected chi connectivity index (χ1v) is 5.64. The Morgan fingerprint density at radius 3 is 3.07 bits per heavy atom. The van der Waals surface area contributed by atoms with Gasteiger partial charge < -0.3 is 5.73 Å². The van der Waals surface area contributed by atoms with Gasteiger partial charge in [0.1, 0.15) is 0 Å². The van der Waals surface area contributed by atoms with Crippen LogP contribution in [0.4, 0.5) is 0 Å². The molecule has 0 amide bonds. The highest BCUT2D eigenvalue weighted by Gasteiger charge is 2.11. The van der Waals surface area contributed by atoms with Crippen molar-refractivity contribution in [2.75, 3.05) is 0 Å². The van der Waals surface area contributed by atoms with Gasteiger partial charge in [-0.05, 0) is 49.0 Å². The zero-order valence-electron chi connectivity index (χ0n) is 9.24. The summed E-state index contributed by atoms with van der Waals surface area (Å²) in [4.78, 5) is 4.19. The Labute approximate surface area is 91.2 Å². The molecular weight excluding hydrogens is 184 g/mol. The minimum Gasteiger partial charge on any atom is -0.324 e. The van der Waals surface area contributed by atoms with Crippen LogP contribution >= 0.6 is 0 Å². The molecule has 0 aromatic carbocycles. The lowest BCUT2D eigenvalue weighted by Gasteiger charge is -2.09. The summed E-state index contributed by atoms with van der Waals surface area (Å²) in [6.07, 6.45) is 10.8. The Hall–Kier alpha value is -1.15. The van der Waals surface area contributed by atoms with Gasteiger partial charge in [0, 0.05) is 18.4 Å². The molecule has 0 radical (unpaired) electrons. The molecule has 2 heteroatoms. The van der Waals surface area contributed by atoms with E-state index in [0.29, 0.717) is 0 Å². The van der Waals surface area contributed by atoms with Crippen molar-refractivity contribution >= 4 is 5.57 Å². The number of rotatable bonds is 1. The second kappa shape index (κ2) is 4.58. The van der Waals surface area contributed by atoms with Gasteiger partial charge in [0.15, 0.2) is 0 Å². The lowest BCUT2D eigenvalue weighted by atomic mass is 9.99. The summed E-state index contributed by atoms with van der Waals surface area (Å²) < 4.78 is 0. The summed E-state index contributed by atoms with van der Waals surface area (Å²) in [5.41, 5.74) is 9.97. The van der Waals surface area contributed by atoms with Gasteiger partial charge in [-0.25, -0.2) is 0 Å². The molecule has 1 unspecified atom stereocenters. The van der Waals surface area contributed by atoms with Crippen LogP contribution in [0.25, 0.3) is 5.57 Å². The van der Waals surface area contributed by atoms with Crippen molar-refractivity contribution in [3.05, 3.63) is 35.7 Å². The van der Waals surface area contributed by atoms with Crippen molar-refractivity contribution in [2.45, 2.75) is 38.6 Å². The van der Waals surface area contributed by atoms with Crippen LogP contribution in [0.1, 0.15) is 36.8 Å². The SMILES string of the molecule is Cc1ccncc1C1=CC(N)CCCC1. The van der Waals surface area contributed by atoms with Crippen LogP contribution in [0.5, 0.6) is 0 Å². The maximum absolute atomic E-state index is 6.02. The Morgan fingerprint density at radius 2 is 2.27 bits per heavy atom. The molecule has 0 saturated carbocycles. The van der Waals surface area contributed by atoms with Crippen LogP contribution < -0.4 is 5.73 Å². The normalized spacial score (nSPS) is 22.0. The van der Waals surface area contributed by atoms with E-state index >= 15 is 0 Å². The molecule has 2 nitrogen and oxygen atoms in total. The third-order valence-corrected chi connectivity index (χ3v) is 3.03. The first-order chi connectivity index (χ1) is 7.27. The van der Waals surface area contributed by atoms with Crippen LogP contribution in [-0.4, -0.2) is 11.0 Å². The molecular formula is C13H18N2. The van der Waals surface area contributed by atoms with Crippen LogP contribution in [0.15, 0.2) is 24.5 Å². The van der Waals surface area contributed by atoms with Gasteiger partial charge in [0.2, 0.25) is 0 Å². The van der Waals surface area contributed by atoms with Crippen molar-refractivity contribution in [3.8, 4) is 0 Å². The second-order valence-corrected chi connectivity index (χ2v) is 4.29. The van der Waals surface area contributed by atoms with Gasteiger partial charge in [-0.2, -0.15) is 0 Å². The van der Waals surface area contributed by atoms with Gasteiger partial charge in [0.25, 0.3) is 0 Å². The molecule has 0 bridgehead atoms. The van der Waals surface area contributed by atoms with Gasteiger partial charge in [-0.3, -0.25) is 4.98 Å². The topological polar surface area (TPSA) is 38.9 Å². The Kier molecular flexibility index (Phi) is 3.17. The molecule has 2 rings (SSSR count). The molecule has 0 aliphatic heterocycles. The molecule has 0 fully saturated rings. The van der Waals surface area contributed by atoms with E-state index in [-0.39, 0.29) is 6.04 Å². The highest BCUT2D eigenvalue weighted by atomic mass is 14.6. The maximum Gasteiger partial charge on any atom is 0.0345 e. The van der Waals surface area contributed by atoms with E-state index in [0.717, 1.165) is 12.8 Å². The number of aromatic nitrogens is 1. The second-order valence-electron chi connectivity index (χ2n) is 4.29. The summed E-state index contributed by atoms with van der Waals surface area (Å²) in [5, 5.41) is 0. The average Bonchev–Trinajstić information content (AvgIpc) is 2.43. The molecule has 1 aromatic heterocycles. The van der Waals surface area contributed by atoms with Crippen molar-refractivity contribution < 1.29 is 0 Å². The molecule has 0 saturated heterocycles. The molecule has 1 aliphatic rings. The Bertz CT molecular complexity index is 369. The Morgan fingerprint density at radius 1 is 1.40 bits per heavy atom. The molecule has 80 valence electrons. The minimum absolute atomic E-state index is 0.224. The molecule has 2 N–H and O–H groups in total. The summed E-state index contributed by atoms with van der Waals surface area (Å²) in [5.74, 6) is 0. The number of nitrogens with zero attached hydrogens (tertiary/aromatic N) is 1. The van der Waals surface area contributed by atoms with E-state index in [4.69, 9.17) is 5.73 Å². The largest absolute Gasteiger partial charge is 0.324 e. The van der Waals surface area contributed by atoms with E-state index in [1.807, 2.05) is 12.4 Å². The lowest BCUT2D eigenvalue weighted by molar-refractivity contribution is 0.658. The fourth-order valence-corrected chi connectivity index (χ4v) is 2.15. The van der Waals surface area contributed by atoms with E-state index in [1.54, 1.807) is 0 Å². The van der Waals surface area contributed by atoms with Crippen molar-refractivity contribution in [3.63, 3.8) is 0 Å². The molecule has 1 atom stereocenters. The zero-order valence-corrected chi connectivity index (χ0v) is 9.24. The number of nitrogens with two attached hydrogens (primary N) is 1. The van der Waals surface area contributed by atoms with Crippen LogP contribution in [0.2, 0.25) is 0 Å². The fraction of sp³-hybridized carbons (Fsp3) is 0.462. The monoisotopic (exact) mass is 202 g/mol. The highest BCUT2D eigenvalue weighted by molar-refractivity contribution is 5.68. The summed E-state index contributed by atoms with van der Waals surface area (Å²) in [6.45, 7) is 2.13. The predicted octanol–water partition coefficient (Wildman–Crippen LogP) is 2.67. The first-order valence-electron chi connectivity index (χ1n) is 5.64. The van der Waals surface area contributed by atoms with Gasteiger partial charge in [0.05, 0.1) is 0 Å². The number of pyridine rings is 1. The third-order valence-electron chi connectivity index (χ3n) is 3.03. The van der Waals surface area contributed by atoms with Gasteiger partial charge in [-0.1, -0.05) is 12.5 Å². The number of allylic oxidation sites excluding steroid dienone is 1. The highest BCUT2D eigenvalue weighted by Crippen LogP contribution is 2.26. The first kappa shape index (κ1) is 10.4. The minimum atomic E-state index is 0.224. The molecule has 0 spiro atoms. The zero-order chi connectivity index (χ0) is 10.7. The summed E-state index contributed by atoms with van der Waals surface area (Å²) in [6, 6.07) is 2.29. The molecule has 1 aliphatic carbocycles. The van der Waals surface area contributed by atoms with E-state index < -0.39 is 0 Å². The van der Waals surface area contributed by atoms with Crippen molar-refractivity contribution in [1.29, 1.82) is 0 Å². The van der Waals surface area contributed by atoms with Gasteiger partial charge >= 0.3 is 0 Å². The average molecular weight is 202 g/mol. The maximum atomic E-state index is 6.02. The fourth-order valence-electron chi connectivity index (χ4n) is 2.15. The molecule has 1 heterocycles. The molecule has 15 heavy (non-hydrogen) atoms. The molecule has 1 aromatic rings. The standard InChI is InChI=1S/C13H18N2/c1-10-6-7-15-9-13(10)11-4-2-3-5-12(14)8-11/h6-9,12H,2-5,14H2,1H3. The Balaban J connectivity index is 2.33.